The molecule has 0 aliphatic heterocycles. The molecule has 0 radical (unpaired) electrons. The van der Waals surface area contributed by atoms with Crippen LogP contribution in [-0.4, -0.2) is 22.2 Å². The van der Waals surface area contributed by atoms with Crippen molar-refractivity contribution in [1.82, 2.24) is 4.98 Å². The second-order valence-electron chi connectivity index (χ2n) is 3.32. The van der Waals surface area contributed by atoms with E-state index in [4.69, 9.17) is 21.6 Å². The highest BCUT2D eigenvalue weighted by molar-refractivity contribution is 6.58. The Balaban J connectivity index is 3.01. The molecule has 0 aliphatic rings. The van der Waals surface area contributed by atoms with Gasteiger partial charge in [0.15, 0.2) is 0 Å². The van der Waals surface area contributed by atoms with E-state index in [0.29, 0.717) is 10.5 Å². The van der Waals surface area contributed by atoms with Gasteiger partial charge in [-0.2, -0.15) is 0 Å². The molecule has 0 fully saturated rings. The van der Waals surface area contributed by atoms with Gasteiger partial charge in [-0.1, -0.05) is 25.4 Å². The summed E-state index contributed by atoms with van der Waals surface area (Å²) < 4.78 is 0. The van der Waals surface area contributed by atoms with E-state index in [1.165, 1.54) is 6.20 Å². The van der Waals surface area contributed by atoms with Gasteiger partial charge in [0.25, 0.3) is 0 Å². The monoisotopic (exact) mass is 213 g/mol. The molecule has 1 rings (SSSR count). The Morgan fingerprint density at radius 1 is 1.57 bits per heavy atom. The molecule has 0 bridgehead atoms. The zero-order valence-electron chi connectivity index (χ0n) is 8.24. The maximum atomic E-state index is 8.89. The van der Waals surface area contributed by atoms with Crippen molar-refractivity contribution in [2.75, 3.05) is 0 Å². The number of halogens is 1. The number of hydrogen-bond donors (Lipinski definition) is 2. The fourth-order valence-corrected chi connectivity index (χ4v) is 1.52. The van der Waals surface area contributed by atoms with E-state index in [0.717, 1.165) is 12.1 Å². The number of rotatable bonds is 3. The van der Waals surface area contributed by atoms with Gasteiger partial charge < -0.3 is 10.0 Å². The summed E-state index contributed by atoms with van der Waals surface area (Å²) in [5.41, 5.74) is 1.13. The summed E-state index contributed by atoms with van der Waals surface area (Å²) in [6.45, 7) is 4.08. The van der Waals surface area contributed by atoms with Crippen LogP contribution in [0, 0.1) is 0 Å². The summed E-state index contributed by atoms with van der Waals surface area (Å²) >= 11 is 5.96. The molecular weight excluding hydrogens is 200 g/mol. The predicted molar refractivity (Wildman–Crippen MR) is 57.8 cm³/mol. The van der Waals surface area contributed by atoms with Crippen molar-refractivity contribution in [3.8, 4) is 0 Å². The van der Waals surface area contributed by atoms with Crippen LogP contribution >= 0.6 is 11.6 Å². The van der Waals surface area contributed by atoms with E-state index in [-0.39, 0.29) is 5.92 Å². The van der Waals surface area contributed by atoms with Crippen molar-refractivity contribution in [2.24, 2.45) is 0 Å². The summed E-state index contributed by atoms with van der Waals surface area (Å²) in [5.74, 6) is 0.285. The Kier molecular flexibility index (Phi) is 3.92. The summed E-state index contributed by atoms with van der Waals surface area (Å²) in [6.07, 6.45) is 2.39. The van der Waals surface area contributed by atoms with Crippen LogP contribution in [0.3, 0.4) is 0 Å². The minimum absolute atomic E-state index is 0.285. The zero-order valence-corrected chi connectivity index (χ0v) is 8.99. The largest absolute Gasteiger partial charge is 0.490 e. The molecule has 0 amide bonds. The van der Waals surface area contributed by atoms with Gasteiger partial charge >= 0.3 is 7.12 Å². The number of aromatic nitrogens is 1. The highest BCUT2D eigenvalue weighted by Crippen LogP contribution is 2.23. The fraction of sp³-hybridized carbons (Fsp3) is 0.444. The van der Waals surface area contributed by atoms with Crippen molar-refractivity contribution in [1.29, 1.82) is 0 Å². The minimum Gasteiger partial charge on any atom is -0.423 e. The first-order valence-corrected chi connectivity index (χ1v) is 4.95. The summed E-state index contributed by atoms with van der Waals surface area (Å²) in [7, 11) is -1.51. The van der Waals surface area contributed by atoms with Crippen molar-refractivity contribution in [2.45, 2.75) is 26.2 Å². The van der Waals surface area contributed by atoms with Crippen LogP contribution < -0.4 is 5.46 Å². The van der Waals surface area contributed by atoms with Crippen LogP contribution in [0.1, 0.15) is 31.9 Å². The highest BCUT2D eigenvalue weighted by Gasteiger charge is 2.15. The normalized spacial score (nSPS) is 12.6. The van der Waals surface area contributed by atoms with E-state index in [1.807, 2.05) is 6.92 Å². The topological polar surface area (TPSA) is 53.4 Å². The molecule has 5 heteroatoms. The van der Waals surface area contributed by atoms with Gasteiger partial charge in [-0.3, -0.25) is 4.98 Å². The Hall–Kier alpha value is -0.575. The Morgan fingerprint density at radius 3 is 2.64 bits per heavy atom. The van der Waals surface area contributed by atoms with Gasteiger partial charge in [-0.05, 0) is 18.4 Å². The molecule has 0 saturated carbocycles. The molecule has 14 heavy (non-hydrogen) atoms. The lowest BCUT2D eigenvalue weighted by atomic mass is 9.81. The second-order valence-corrected chi connectivity index (χ2v) is 3.73. The SMILES string of the molecule is CCC(C)c1ncc(B(O)O)cc1Cl. The quantitative estimate of drug-likeness (QED) is 0.735. The lowest BCUT2D eigenvalue weighted by molar-refractivity contribution is 0.425. The first-order chi connectivity index (χ1) is 6.56. The highest BCUT2D eigenvalue weighted by atomic mass is 35.5. The van der Waals surface area contributed by atoms with Crippen LogP contribution in [0.4, 0.5) is 0 Å². The molecule has 0 aliphatic carbocycles. The molecule has 0 aromatic carbocycles. The predicted octanol–water partition coefficient (Wildman–Crippen LogP) is 0.928. The van der Waals surface area contributed by atoms with Crippen LogP contribution in [0.15, 0.2) is 12.3 Å². The molecule has 1 unspecified atom stereocenters. The smallest absolute Gasteiger partial charge is 0.423 e. The van der Waals surface area contributed by atoms with Crippen molar-refractivity contribution in [3.05, 3.63) is 23.0 Å². The van der Waals surface area contributed by atoms with Crippen molar-refractivity contribution in [3.63, 3.8) is 0 Å². The van der Waals surface area contributed by atoms with Gasteiger partial charge in [0, 0.05) is 11.7 Å². The summed E-state index contributed by atoms with van der Waals surface area (Å²) in [4.78, 5) is 4.12. The van der Waals surface area contributed by atoms with Gasteiger partial charge in [0.05, 0.1) is 10.7 Å². The second kappa shape index (κ2) is 4.78. The van der Waals surface area contributed by atoms with Crippen LogP contribution in [0.25, 0.3) is 0 Å². The maximum absolute atomic E-state index is 8.89. The van der Waals surface area contributed by atoms with Gasteiger partial charge in [0.1, 0.15) is 0 Å². The molecule has 0 saturated heterocycles. The summed E-state index contributed by atoms with van der Waals surface area (Å²) in [6, 6.07) is 1.54. The molecule has 1 aromatic heterocycles. The van der Waals surface area contributed by atoms with Crippen LogP contribution in [0.5, 0.6) is 0 Å². The first-order valence-electron chi connectivity index (χ1n) is 4.57. The van der Waals surface area contributed by atoms with E-state index in [1.54, 1.807) is 6.07 Å². The van der Waals surface area contributed by atoms with E-state index in [9.17, 15) is 0 Å². The molecular formula is C9H13BClNO2. The first kappa shape index (κ1) is 11.5. The van der Waals surface area contributed by atoms with Crippen molar-refractivity contribution >= 4 is 24.2 Å². The Morgan fingerprint density at radius 2 is 2.21 bits per heavy atom. The van der Waals surface area contributed by atoms with Gasteiger partial charge in [-0.15, -0.1) is 0 Å². The van der Waals surface area contributed by atoms with Crippen LogP contribution in [-0.2, 0) is 0 Å². The molecule has 0 spiro atoms. The third-order valence-corrected chi connectivity index (χ3v) is 2.57. The molecule has 1 aromatic rings. The summed E-state index contributed by atoms with van der Waals surface area (Å²) in [5, 5.41) is 18.3. The number of pyridine rings is 1. The molecule has 2 N–H and O–H groups in total. The van der Waals surface area contributed by atoms with Gasteiger partial charge in [-0.25, -0.2) is 0 Å². The minimum atomic E-state index is -1.51. The fourth-order valence-electron chi connectivity index (χ4n) is 1.16. The Labute approximate surface area is 88.9 Å². The molecule has 3 nitrogen and oxygen atoms in total. The number of hydrogen-bond acceptors (Lipinski definition) is 3. The molecule has 1 heterocycles. The Bertz CT molecular complexity index is 320. The third kappa shape index (κ3) is 2.47. The number of nitrogens with zero attached hydrogens (tertiary/aromatic N) is 1. The lowest BCUT2D eigenvalue weighted by Crippen LogP contribution is -2.30. The van der Waals surface area contributed by atoms with E-state index in [2.05, 4.69) is 11.9 Å². The molecule has 1 atom stereocenters. The van der Waals surface area contributed by atoms with Crippen LogP contribution in [0.2, 0.25) is 5.02 Å². The standard InChI is InChI=1S/C9H13BClNO2/c1-3-6(2)9-8(11)4-7(5-12-9)10(13)14/h4-6,13-14H,3H2,1-2H3. The lowest BCUT2D eigenvalue weighted by Gasteiger charge is -2.10. The van der Waals surface area contributed by atoms with Gasteiger partial charge in [0.2, 0.25) is 0 Å². The average Bonchev–Trinajstić information content (AvgIpc) is 2.16. The molecule has 76 valence electrons. The van der Waals surface area contributed by atoms with Crippen molar-refractivity contribution < 1.29 is 10.0 Å². The third-order valence-electron chi connectivity index (χ3n) is 2.27. The van der Waals surface area contributed by atoms with E-state index < -0.39 is 7.12 Å². The maximum Gasteiger partial charge on any atom is 0.490 e. The average molecular weight is 213 g/mol. The zero-order chi connectivity index (χ0) is 10.7. The van der Waals surface area contributed by atoms with E-state index >= 15 is 0 Å².